The zero-order valence-corrected chi connectivity index (χ0v) is 6.06. The van der Waals surface area contributed by atoms with Crippen LogP contribution in [0.3, 0.4) is 0 Å². The molecular weight excluding hydrogens is 123 g/mol. The third-order valence-corrected chi connectivity index (χ3v) is 3.35. The van der Waals surface area contributed by atoms with E-state index in [1.54, 1.807) is 0 Å². The van der Waals surface area contributed by atoms with Gasteiger partial charge < -0.3 is 0 Å². The standard InChI is InChI=1S/C5H8PS/c1-5-2-3-6(7)4-5/h2H,3-4H2,1H3/q+1. The van der Waals surface area contributed by atoms with Crippen molar-refractivity contribution in [1.82, 2.24) is 0 Å². The maximum Gasteiger partial charge on any atom is 0.183 e. The summed E-state index contributed by atoms with van der Waals surface area (Å²) in [5, 5.41) is 0. The van der Waals surface area contributed by atoms with Gasteiger partial charge in [-0.1, -0.05) is 0 Å². The predicted molar refractivity (Wildman–Crippen MR) is 37.8 cm³/mol. The molecule has 38 valence electrons. The molecule has 0 fully saturated rings. The van der Waals surface area contributed by atoms with Crippen LogP contribution in [-0.2, 0) is 11.8 Å². The molecule has 0 radical (unpaired) electrons. The molecule has 1 rings (SSSR count). The summed E-state index contributed by atoms with van der Waals surface area (Å²) in [6.45, 7) is 2.15. The molecule has 0 N–H and O–H groups in total. The second-order valence-corrected chi connectivity index (χ2v) is 5.07. The normalized spacial score (nSPS) is 25.3. The van der Waals surface area contributed by atoms with Gasteiger partial charge in [0.05, 0.1) is 0 Å². The summed E-state index contributed by atoms with van der Waals surface area (Å²) >= 11 is 5.09. The van der Waals surface area contributed by atoms with E-state index in [4.69, 9.17) is 11.8 Å². The zero-order valence-electron chi connectivity index (χ0n) is 4.35. The van der Waals surface area contributed by atoms with Crippen molar-refractivity contribution in [2.45, 2.75) is 6.92 Å². The highest BCUT2D eigenvalue weighted by molar-refractivity contribution is 8.05. The molecule has 0 aromatic rings. The second-order valence-electron chi connectivity index (χ2n) is 1.87. The molecule has 1 aliphatic heterocycles. The lowest BCUT2D eigenvalue weighted by atomic mass is 10.3. The Morgan fingerprint density at radius 3 is 2.71 bits per heavy atom. The minimum atomic E-state index is -0.0136. The molecule has 1 heterocycles. The van der Waals surface area contributed by atoms with Crippen LogP contribution in [0, 0.1) is 0 Å². The van der Waals surface area contributed by atoms with Crippen molar-refractivity contribution < 1.29 is 0 Å². The van der Waals surface area contributed by atoms with Crippen molar-refractivity contribution in [3.63, 3.8) is 0 Å². The van der Waals surface area contributed by atoms with E-state index >= 15 is 0 Å². The third-order valence-electron chi connectivity index (χ3n) is 1.07. The molecule has 0 aliphatic carbocycles. The first kappa shape index (κ1) is 5.40. The lowest BCUT2D eigenvalue weighted by molar-refractivity contribution is 1.42. The number of hydrogen-bond acceptors (Lipinski definition) is 1. The van der Waals surface area contributed by atoms with Crippen molar-refractivity contribution >= 4 is 18.5 Å². The van der Waals surface area contributed by atoms with Crippen LogP contribution in [0.2, 0.25) is 0 Å². The quantitative estimate of drug-likeness (QED) is 0.357. The Labute approximate surface area is 50.0 Å². The van der Waals surface area contributed by atoms with E-state index in [0.29, 0.717) is 0 Å². The van der Waals surface area contributed by atoms with Gasteiger partial charge in [-0.3, -0.25) is 0 Å². The fourth-order valence-corrected chi connectivity index (χ4v) is 2.83. The number of hydrogen-bond donors (Lipinski definition) is 0. The summed E-state index contributed by atoms with van der Waals surface area (Å²) in [6, 6.07) is 0. The van der Waals surface area contributed by atoms with Crippen LogP contribution in [0.15, 0.2) is 11.6 Å². The molecule has 0 saturated heterocycles. The SMILES string of the molecule is CC1=CC[P+](=S)C1. The lowest BCUT2D eigenvalue weighted by Gasteiger charge is -1.72. The van der Waals surface area contributed by atoms with E-state index in [9.17, 15) is 0 Å². The maximum absolute atomic E-state index is 5.09. The Kier molecular flexibility index (Phi) is 1.56. The fourth-order valence-electron chi connectivity index (χ4n) is 0.665. The van der Waals surface area contributed by atoms with Crippen LogP contribution in [0.5, 0.6) is 0 Å². The summed E-state index contributed by atoms with van der Waals surface area (Å²) < 4.78 is 0. The highest BCUT2D eigenvalue weighted by Crippen LogP contribution is 2.30. The Bertz CT molecular complexity index is 126. The first-order valence-corrected chi connectivity index (χ1v) is 5.09. The summed E-state index contributed by atoms with van der Waals surface area (Å²) in [7, 11) is 0. The van der Waals surface area contributed by atoms with Crippen LogP contribution in [-0.4, -0.2) is 12.3 Å². The predicted octanol–water partition coefficient (Wildman–Crippen LogP) is 1.89. The fraction of sp³-hybridized carbons (Fsp3) is 0.600. The second kappa shape index (κ2) is 2.02. The van der Waals surface area contributed by atoms with Crippen LogP contribution in [0.4, 0.5) is 0 Å². The summed E-state index contributed by atoms with van der Waals surface area (Å²) in [5.41, 5.74) is 1.50. The summed E-state index contributed by atoms with van der Waals surface area (Å²) in [4.78, 5) is 0. The van der Waals surface area contributed by atoms with Crippen molar-refractivity contribution in [3.8, 4) is 0 Å². The van der Waals surface area contributed by atoms with Crippen molar-refractivity contribution in [2.24, 2.45) is 0 Å². The maximum atomic E-state index is 5.09. The molecule has 0 aromatic carbocycles. The highest BCUT2D eigenvalue weighted by Gasteiger charge is 2.14. The molecule has 1 aliphatic rings. The highest BCUT2D eigenvalue weighted by atomic mass is 32.4. The minimum Gasteiger partial charge on any atom is -0.0397 e. The number of rotatable bonds is 0. The van der Waals surface area contributed by atoms with Crippen molar-refractivity contribution in [1.29, 1.82) is 0 Å². The Morgan fingerprint density at radius 2 is 2.57 bits per heavy atom. The first-order chi connectivity index (χ1) is 3.29. The Hall–Kier alpha value is 0.260. The van der Waals surface area contributed by atoms with Gasteiger partial charge in [-0.2, -0.15) is 0 Å². The van der Waals surface area contributed by atoms with E-state index < -0.39 is 0 Å². The van der Waals surface area contributed by atoms with Crippen LogP contribution < -0.4 is 0 Å². The zero-order chi connectivity index (χ0) is 5.28. The van der Waals surface area contributed by atoms with Crippen molar-refractivity contribution in [3.05, 3.63) is 11.6 Å². The van der Waals surface area contributed by atoms with Crippen LogP contribution >= 0.6 is 6.70 Å². The van der Waals surface area contributed by atoms with Gasteiger partial charge in [-0.25, -0.2) is 0 Å². The molecule has 0 aromatic heterocycles. The van der Waals surface area contributed by atoms with E-state index in [1.807, 2.05) is 0 Å². The van der Waals surface area contributed by atoms with E-state index in [2.05, 4.69) is 13.0 Å². The van der Waals surface area contributed by atoms with E-state index in [-0.39, 0.29) is 6.70 Å². The van der Waals surface area contributed by atoms with Gasteiger partial charge in [0.1, 0.15) is 12.3 Å². The first-order valence-electron chi connectivity index (χ1n) is 2.37. The molecule has 0 spiro atoms. The Morgan fingerprint density at radius 1 is 1.86 bits per heavy atom. The number of allylic oxidation sites excluding steroid dienone is 2. The summed E-state index contributed by atoms with van der Waals surface area (Å²) in [5.74, 6) is 0. The van der Waals surface area contributed by atoms with Gasteiger partial charge >= 0.3 is 0 Å². The third kappa shape index (κ3) is 1.32. The van der Waals surface area contributed by atoms with Gasteiger partial charge in [0, 0.05) is 0 Å². The van der Waals surface area contributed by atoms with Crippen LogP contribution in [0.25, 0.3) is 0 Å². The lowest BCUT2D eigenvalue weighted by Crippen LogP contribution is -1.67. The van der Waals surface area contributed by atoms with E-state index in [1.165, 1.54) is 17.9 Å². The molecule has 7 heavy (non-hydrogen) atoms. The van der Waals surface area contributed by atoms with E-state index in [0.717, 1.165) is 0 Å². The minimum absolute atomic E-state index is 0.0136. The van der Waals surface area contributed by atoms with Crippen LogP contribution in [0.1, 0.15) is 6.92 Å². The topological polar surface area (TPSA) is 0 Å². The monoisotopic (exact) mass is 131 g/mol. The van der Waals surface area contributed by atoms with Gasteiger partial charge in [0.25, 0.3) is 0 Å². The molecule has 1 atom stereocenters. The van der Waals surface area contributed by atoms with Gasteiger partial charge in [0.15, 0.2) is 18.5 Å². The summed E-state index contributed by atoms with van der Waals surface area (Å²) in [6.07, 6.45) is 4.67. The molecule has 2 heteroatoms. The van der Waals surface area contributed by atoms with Gasteiger partial charge in [-0.15, -0.1) is 0 Å². The molecule has 0 saturated carbocycles. The molecular formula is C5H8PS+. The average molecular weight is 131 g/mol. The molecule has 0 bridgehead atoms. The Balaban J connectivity index is 2.58. The van der Waals surface area contributed by atoms with Gasteiger partial charge in [0.2, 0.25) is 0 Å². The van der Waals surface area contributed by atoms with Crippen molar-refractivity contribution in [2.75, 3.05) is 12.3 Å². The smallest absolute Gasteiger partial charge is 0.0397 e. The molecule has 0 nitrogen and oxygen atoms in total. The average Bonchev–Trinajstić information content (AvgIpc) is 1.87. The molecule has 0 amide bonds. The van der Waals surface area contributed by atoms with Gasteiger partial charge in [-0.05, 0) is 18.6 Å². The largest absolute Gasteiger partial charge is 0.183 e. The molecule has 1 unspecified atom stereocenters.